The van der Waals surface area contributed by atoms with Gasteiger partial charge in [-0.05, 0) is 36.3 Å². The maximum atomic E-state index is 5.92. The van der Waals surface area contributed by atoms with Gasteiger partial charge in [-0.3, -0.25) is 0 Å². The van der Waals surface area contributed by atoms with E-state index in [1.54, 1.807) is 0 Å². The van der Waals surface area contributed by atoms with Crippen LogP contribution in [0.15, 0.2) is 12.1 Å². The van der Waals surface area contributed by atoms with Crippen LogP contribution in [0.1, 0.15) is 43.9 Å². The van der Waals surface area contributed by atoms with Gasteiger partial charge in [0.05, 0.1) is 6.61 Å². The molecule has 0 aromatic carbocycles. The third-order valence-corrected chi connectivity index (χ3v) is 3.74. The average molecular weight is 284 g/mol. The van der Waals surface area contributed by atoms with Crippen molar-refractivity contribution < 1.29 is 9.47 Å². The molecule has 1 saturated heterocycles. The Bertz CT molecular complexity index is 403. The van der Waals surface area contributed by atoms with Gasteiger partial charge in [0, 0.05) is 30.9 Å². The minimum Gasteiger partial charge on any atom is -0.477 e. The number of halogens is 1. The molecule has 0 amide bonds. The fourth-order valence-corrected chi connectivity index (χ4v) is 2.30. The third kappa shape index (κ3) is 4.36. The predicted molar refractivity (Wildman–Crippen MR) is 76.9 cm³/mol. The van der Waals surface area contributed by atoms with Crippen molar-refractivity contribution in [3.8, 4) is 5.88 Å². The summed E-state index contributed by atoms with van der Waals surface area (Å²) in [5.41, 5.74) is 2.11. The lowest BCUT2D eigenvalue weighted by molar-refractivity contribution is 0.0490. The summed E-state index contributed by atoms with van der Waals surface area (Å²) in [7, 11) is 0. The van der Waals surface area contributed by atoms with Crippen LogP contribution in [0.2, 0.25) is 0 Å². The zero-order chi connectivity index (χ0) is 13.7. The molecule has 1 aromatic rings. The molecule has 0 aliphatic carbocycles. The Morgan fingerprint density at radius 2 is 2.11 bits per heavy atom. The molecule has 19 heavy (non-hydrogen) atoms. The van der Waals surface area contributed by atoms with Crippen LogP contribution in [0.5, 0.6) is 5.88 Å². The lowest BCUT2D eigenvalue weighted by Gasteiger charge is -2.22. The third-order valence-electron chi connectivity index (χ3n) is 3.44. The topological polar surface area (TPSA) is 31.4 Å². The molecule has 0 atom stereocenters. The van der Waals surface area contributed by atoms with E-state index >= 15 is 0 Å². The molecule has 0 N–H and O–H groups in total. The highest BCUT2D eigenvalue weighted by atomic mass is 35.5. The SMILES string of the molecule is CC(C)c1cc(CCl)cc(OCC2CCOCC2)n1. The van der Waals surface area contributed by atoms with Gasteiger partial charge < -0.3 is 9.47 Å². The van der Waals surface area contributed by atoms with Crippen LogP contribution in [0.3, 0.4) is 0 Å². The van der Waals surface area contributed by atoms with Gasteiger partial charge in [0.15, 0.2) is 0 Å². The second-order valence-corrected chi connectivity index (χ2v) is 5.66. The molecular formula is C15H22ClNO2. The molecule has 0 radical (unpaired) electrons. The first kappa shape index (κ1) is 14.6. The lowest BCUT2D eigenvalue weighted by Crippen LogP contribution is -2.21. The minimum absolute atomic E-state index is 0.383. The summed E-state index contributed by atoms with van der Waals surface area (Å²) >= 11 is 5.92. The summed E-state index contributed by atoms with van der Waals surface area (Å²) in [5.74, 6) is 2.16. The zero-order valence-corrected chi connectivity index (χ0v) is 12.4. The monoisotopic (exact) mass is 283 g/mol. The van der Waals surface area contributed by atoms with Gasteiger partial charge in [0.25, 0.3) is 0 Å². The fraction of sp³-hybridized carbons (Fsp3) is 0.667. The first-order chi connectivity index (χ1) is 9.19. The van der Waals surface area contributed by atoms with Gasteiger partial charge in [0.1, 0.15) is 0 Å². The minimum atomic E-state index is 0.383. The van der Waals surface area contributed by atoms with Gasteiger partial charge in [-0.15, -0.1) is 11.6 Å². The van der Waals surface area contributed by atoms with E-state index in [1.165, 1.54) is 0 Å². The van der Waals surface area contributed by atoms with Crippen molar-refractivity contribution in [3.63, 3.8) is 0 Å². The van der Waals surface area contributed by atoms with Crippen LogP contribution >= 0.6 is 11.6 Å². The Hall–Kier alpha value is -0.800. The summed E-state index contributed by atoms with van der Waals surface area (Å²) < 4.78 is 11.2. The van der Waals surface area contributed by atoms with E-state index < -0.39 is 0 Å². The van der Waals surface area contributed by atoms with Crippen molar-refractivity contribution in [2.45, 2.75) is 38.5 Å². The largest absolute Gasteiger partial charge is 0.477 e. The number of alkyl halides is 1. The molecule has 4 heteroatoms. The Morgan fingerprint density at radius 3 is 2.74 bits per heavy atom. The van der Waals surface area contributed by atoms with Gasteiger partial charge >= 0.3 is 0 Å². The Kier molecular flexibility index (Phi) is 5.46. The van der Waals surface area contributed by atoms with E-state index in [4.69, 9.17) is 21.1 Å². The predicted octanol–water partition coefficient (Wildman–Crippen LogP) is 3.75. The Labute approximate surface area is 120 Å². The smallest absolute Gasteiger partial charge is 0.213 e. The number of hydrogen-bond acceptors (Lipinski definition) is 3. The van der Waals surface area contributed by atoms with Crippen LogP contribution in [0, 0.1) is 5.92 Å². The van der Waals surface area contributed by atoms with Crippen molar-refractivity contribution in [1.29, 1.82) is 0 Å². The molecule has 0 saturated carbocycles. The number of hydrogen-bond donors (Lipinski definition) is 0. The quantitative estimate of drug-likeness (QED) is 0.771. The molecule has 2 rings (SSSR count). The summed E-state index contributed by atoms with van der Waals surface area (Å²) in [4.78, 5) is 4.55. The molecule has 2 heterocycles. The highest BCUT2D eigenvalue weighted by Gasteiger charge is 2.15. The van der Waals surface area contributed by atoms with Crippen LogP contribution < -0.4 is 4.74 Å². The van der Waals surface area contributed by atoms with Crippen LogP contribution in [-0.4, -0.2) is 24.8 Å². The Morgan fingerprint density at radius 1 is 1.37 bits per heavy atom. The molecule has 1 aromatic heterocycles. The second kappa shape index (κ2) is 7.11. The molecule has 1 aliphatic heterocycles. The number of aromatic nitrogens is 1. The highest BCUT2D eigenvalue weighted by molar-refractivity contribution is 6.17. The van der Waals surface area contributed by atoms with E-state index in [9.17, 15) is 0 Å². The van der Waals surface area contributed by atoms with Gasteiger partial charge in [-0.2, -0.15) is 0 Å². The molecule has 0 spiro atoms. The molecule has 1 fully saturated rings. The van der Waals surface area contributed by atoms with Gasteiger partial charge in [0.2, 0.25) is 5.88 Å². The first-order valence-corrected chi connectivity index (χ1v) is 7.50. The van der Waals surface area contributed by atoms with Gasteiger partial charge in [-0.25, -0.2) is 4.98 Å². The van der Waals surface area contributed by atoms with E-state index in [2.05, 4.69) is 24.9 Å². The fourth-order valence-electron chi connectivity index (χ4n) is 2.15. The molecule has 106 valence electrons. The van der Waals surface area contributed by atoms with Crippen molar-refractivity contribution in [2.75, 3.05) is 19.8 Å². The number of ether oxygens (including phenoxy) is 2. The molecular weight excluding hydrogens is 262 g/mol. The highest BCUT2D eigenvalue weighted by Crippen LogP contribution is 2.22. The van der Waals surface area contributed by atoms with E-state index in [-0.39, 0.29) is 0 Å². The number of rotatable bonds is 5. The van der Waals surface area contributed by atoms with E-state index in [1.807, 2.05) is 6.07 Å². The maximum Gasteiger partial charge on any atom is 0.213 e. The van der Waals surface area contributed by atoms with E-state index in [0.717, 1.165) is 43.9 Å². The van der Waals surface area contributed by atoms with Crippen molar-refractivity contribution in [3.05, 3.63) is 23.4 Å². The summed E-state index contributed by atoms with van der Waals surface area (Å²) in [6.07, 6.45) is 2.15. The standard InChI is InChI=1S/C15H22ClNO2/c1-11(2)14-7-13(9-16)8-15(17-14)19-10-12-3-5-18-6-4-12/h7-8,11-12H,3-6,9-10H2,1-2H3. The summed E-state index contributed by atoms with van der Waals surface area (Å²) in [6, 6.07) is 4.00. The second-order valence-electron chi connectivity index (χ2n) is 5.39. The van der Waals surface area contributed by atoms with Crippen molar-refractivity contribution >= 4 is 11.6 Å². The van der Waals surface area contributed by atoms with Crippen molar-refractivity contribution in [1.82, 2.24) is 4.98 Å². The lowest BCUT2D eigenvalue weighted by atomic mass is 10.0. The van der Waals surface area contributed by atoms with Crippen molar-refractivity contribution in [2.24, 2.45) is 5.92 Å². The summed E-state index contributed by atoms with van der Waals surface area (Å²) in [6.45, 7) is 6.67. The average Bonchev–Trinajstić information content (AvgIpc) is 2.45. The molecule has 0 bridgehead atoms. The molecule has 3 nitrogen and oxygen atoms in total. The normalized spacial score (nSPS) is 16.8. The van der Waals surface area contributed by atoms with E-state index in [0.29, 0.717) is 23.6 Å². The Balaban J connectivity index is 2.00. The maximum absolute atomic E-state index is 5.92. The molecule has 1 aliphatic rings. The van der Waals surface area contributed by atoms with Crippen LogP contribution in [-0.2, 0) is 10.6 Å². The first-order valence-electron chi connectivity index (χ1n) is 6.96. The zero-order valence-electron chi connectivity index (χ0n) is 11.7. The summed E-state index contributed by atoms with van der Waals surface area (Å²) in [5, 5.41) is 0. The number of nitrogens with zero attached hydrogens (tertiary/aromatic N) is 1. The van der Waals surface area contributed by atoms with Crippen LogP contribution in [0.4, 0.5) is 0 Å². The number of pyridine rings is 1. The van der Waals surface area contributed by atoms with Gasteiger partial charge in [-0.1, -0.05) is 13.8 Å². The van der Waals surface area contributed by atoms with Crippen LogP contribution in [0.25, 0.3) is 0 Å². The molecule has 0 unspecified atom stereocenters.